The number of nitrogens with zero attached hydrogens (tertiary/aromatic N) is 1. The maximum atomic E-state index is 12.4. The standard InChI is InChI=1S/C14H12BrIN2O/c15-9-7-13(18(8-9)10-5-6-10)14(19)17-12-4-2-1-3-11(12)16/h1-4,7-8,10H,5-6H2,(H,17,19). The molecular weight excluding hydrogens is 419 g/mol. The second kappa shape index (κ2) is 5.28. The van der Waals surface area contributed by atoms with E-state index in [4.69, 9.17) is 0 Å². The van der Waals surface area contributed by atoms with Crippen LogP contribution >= 0.6 is 38.5 Å². The molecule has 1 heterocycles. The molecule has 0 unspecified atom stereocenters. The molecule has 1 saturated carbocycles. The Labute approximate surface area is 133 Å². The Bertz CT molecular complexity index is 634. The number of halogens is 2. The Morgan fingerprint density at radius 1 is 1.37 bits per heavy atom. The van der Waals surface area contributed by atoms with Gasteiger partial charge in [-0.25, -0.2) is 0 Å². The summed E-state index contributed by atoms with van der Waals surface area (Å²) in [7, 11) is 0. The minimum absolute atomic E-state index is 0.0540. The van der Waals surface area contributed by atoms with Crippen molar-refractivity contribution in [3.8, 4) is 0 Å². The fourth-order valence-electron chi connectivity index (χ4n) is 2.03. The largest absolute Gasteiger partial charge is 0.339 e. The van der Waals surface area contributed by atoms with Crippen LogP contribution in [0.3, 0.4) is 0 Å². The average molecular weight is 431 g/mol. The molecule has 1 amide bonds. The molecule has 0 saturated heterocycles. The number of hydrogen-bond donors (Lipinski definition) is 1. The highest BCUT2D eigenvalue weighted by Gasteiger charge is 2.27. The van der Waals surface area contributed by atoms with Crippen molar-refractivity contribution in [1.29, 1.82) is 0 Å². The van der Waals surface area contributed by atoms with E-state index in [1.807, 2.05) is 36.5 Å². The predicted octanol–water partition coefficient (Wildman–Crippen LogP) is 4.44. The van der Waals surface area contributed by atoms with Gasteiger partial charge in [0.25, 0.3) is 5.91 Å². The van der Waals surface area contributed by atoms with Crippen LogP contribution in [0.2, 0.25) is 0 Å². The number of carbonyl (C=O) groups is 1. The van der Waals surface area contributed by atoms with Crippen molar-refractivity contribution in [3.63, 3.8) is 0 Å². The van der Waals surface area contributed by atoms with E-state index >= 15 is 0 Å². The molecule has 3 nitrogen and oxygen atoms in total. The SMILES string of the molecule is O=C(Nc1ccccc1I)c1cc(Br)cn1C1CC1. The van der Waals surface area contributed by atoms with E-state index in [2.05, 4.69) is 48.4 Å². The first-order chi connectivity index (χ1) is 9.15. The summed E-state index contributed by atoms with van der Waals surface area (Å²) in [6, 6.07) is 10.1. The number of benzene rings is 1. The first kappa shape index (κ1) is 13.2. The van der Waals surface area contributed by atoms with Crippen LogP contribution in [0, 0.1) is 3.57 Å². The van der Waals surface area contributed by atoms with Gasteiger partial charge < -0.3 is 9.88 Å². The summed E-state index contributed by atoms with van der Waals surface area (Å²) >= 11 is 5.67. The summed E-state index contributed by atoms with van der Waals surface area (Å²) in [5.41, 5.74) is 1.57. The number of carbonyl (C=O) groups excluding carboxylic acids is 1. The van der Waals surface area contributed by atoms with Gasteiger partial charge in [-0.1, -0.05) is 12.1 Å². The van der Waals surface area contributed by atoms with Gasteiger partial charge in [-0.15, -0.1) is 0 Å². The molecule has 1 aliphatic carbocycles. The third kappa shape index (κ3) is 2.86. The van der Waals surface area contributed by atoms with E-state index in [0.717, 1.165) is 26.6 Å². The third-order valence-corrected chi connectivity index (χ3v) is 4.48. The lowest BCUT2D eigenvalue weighted by Crippen LogP contribution is -2.16. The van der Waals surface area contributed by atoms with E-state index in [9.17, 15) is 4.79 Å². The number of rotatable bonds is 3. The van der Waals surface area contributed by atoms with Crippen LogP contribution in [-0.4, -0.2) is 10.5 Å². The van der Waals surface area contributed by atoms with Gasteiger partial charge in [-0.05, 0) is 69.6 Å². The number of amides is 1. The van der Waals surface area contributed by atoms with Crippen molar-refractivity contribution in [3.05, 3.63) is 50.3 Å². The normalized spacial score (nSPS) is 14.4. The Hall–Kier alpha value is -0.820. The number of aromatic nitrogens is 1. The molecule has 0 spiro atoms. The highest BCUT2D eigenvalue weighted by Crippen LogP contribution is 2.37. The molecule has 0 bridgehead atoms. The van der Waals surface area contributed by atoms with E-state index in [1.54, 1.807) is 0 Å². The lowest BCUT2D eigenvalue weighted by Gasteiger charge is -2.09. The fraction of sp³-hybridized carbons (Fsp3) is 0.214. The third-order valence-electron chi connectivity index (χ3n) is 3.11. The average Bonchev–Trinajstić information content (AvgIpc) is 3.15. The molecule has 98 valence electrons. The first-order valence-corrected chi connectivity index (χ1v) is 7.95. The van der Waals surface area contributed by atoms with E-state index in [1.165, 1.54) is 0 Å². The Balaban J connectivity index is 1.86. The van der Waals surface area contributed by atoms with Crippen molar-refractivity contribution in [1.82, 2.24) is 4.57 Å². The molecule has 0 aliphatic heterocycles. The Kier molecular flexibility index (Phi) is 3.66. The van der Waals surface area contributed by atoms with Gasteiger partial charge in [0.2, 0.25) is 0 Å². The molecule has 1 aliphatic rings. The second-order valence-electron chi connectivity index (χ2n) is 4.62. The van der Waals surface area contributed by atoms with E-state index < -0.39 is 0 Å². The Morgan fingerprint density at radius 2 is 2.11 bits per heavy atom. The minimum Gasteiger partial charge on any atom is -0.339 e. The van der Waals surface area contributed by atoms with Crippen LogP contribution in [0.4, 0.5) is 5.69 Å². The van der Waals surface area contributed by atoms with Crippen LogP contribution in [0.15, 0.2) is 41.0 Å². The number of hydrogen-bond acceptors (Lipinski definition) is 1. The smallest absolute Gasteiger partial charge is 0.272 e. The molecule has 5 heteroatoms. The van der Waals surface area contributed by atoms with Crippen LogP contribution in [0.1, 0.15) is 29.4 Å². The zero-order valence-corrected chi connectivity index (χ0v) is 13.8. The van der Waals surface area contributed by atoms with Gasteiger partial charge in [-0.3, -0.25) is 4.79 Å². The quantitative estimate of drug-likeness (QED) is 0.717. The molecule has 1 aromatic heterocycles. The second-order valence-corrected chi connectivity index (χ2v) is 6.69. The first-order valence-electron chi connectivity index (χ1n) is 6.08. The highest BCUT2D eigenvalue weighted by atomic mass is 127. The molecule has 0 radical (unpaired) electrons. The molecule has 1 aromatic carbocycles. The van der Waals surface area contributed by atoms with Crippen LogP contribution in [0.5, 0.6) is 0 Å². The zero-order chi connectivity index (χ0) is 13.4. The number of para-hydroxylation sites is 1. The van der Waals surface area contributed by atoms with Crippen molar-refractivity contribution in [2.75, 3.05) is 5.32 Å². The van der Waals surface area contributed by atoms with E-state index in [0.29, 0.717) is 11.7 Å². The van der Waals surface area contributed by atoms with Crippen LogP contribution in [0.25, 0.3) is 0 Å². The summed E-state index contributed by atoms with van der Waals surface area (Å²) in [6.07, 6.45) is 4.30. The predicted molar refractivity (Wildman–Crippen MR) is 87.5 cm³/mol. The van der Waals surface area contributed by atoms with Gasteiger partial charge in [0.15, 0.2) is 0 Å². The lowest BCUT2D eigenvalue weighted by molar-refractivity contribution is 0.101. The topological polar surface area (TPSA) is 34.0 Å². The number of nitrogens with one attached hydrogen (secondary N) is 1. The minimum atomic E-state index is -0.0540. The zero-order valence-electron chi connectivity index (χ0n) is 10.1. The maximum Gasteiger partial charge on any atom is 0.272 e. The summed E-state index contributed by atoms with van der Waals surface area (Å²) < 4.78 is 4.05. The molecule has 1 fully saturated rings. The fourth-order valence-corrected chi connectivity index (χ4v) is 2.99. The molecule has 19 heavy (non-hydrogen) atoms. The highest BCUT2D eigenvalue weighted by molar-refractivity contribution is 14.1. The lowest BCUT2D eigenvalue weighted by atomic mass is 10.3. The molecular formula is C14H12BrIN2O. The molecule has 3 rings (SSSR count). The molecule has 2 aromatic rings. The summed E-state index contributed by atoms with van der Waals surface area (Å²) in [5, 5.41) is 2.97. The van der Waals surface area contributed by atoms with E-state index in [-0.39, 0.29) is 5.91 Å². The van der Waals surface area contributed by atoms with Crippen LogP contribution < -0.4 is 5.32 Å². The van der Waals surface area contributed by atoms with Crippen molar-refractivity contribution >= 4 is 50.1 Å². The summed E-state index contributed by atoms with van der Waals surface area (Å²) in [6.45, 7) is 0. The van der Waals surface area contributed by atoms with Crippen molar-refractivity contribution in [2.24, 2.45) is 0 Å². The molecule has 0 atom stereocenters. The van der Waals surface area contributed by atoms with Gasteiger partial charge in [-0.2, -0.15) is 0 Å². The van der Waals surface area contributed by atoms with Crippen molar-refractivity contribution in [2.45, 2.75) is 18.9 Å². The van der Waals surface area contributed by atoms with Gasteiger partial charge >= 0.3 is 0 Å². The Morgan fingerprint density at radius 3 is 2.79 bits per heavy atom. The summed E-state index contributed by atoms with van der Waals surface area (Å²) in [4.78, 5) is 12.4. The van der Waals surface area contributed by atoms with Crippen LogP contribution in [-0.2, 0) is 0 Å². The molecule has 1 N–H and O–H groups in total. The summed E-state index contributed by atoms with van der Waals surface area (Å²) in [5.74, 6) is -0.0540. The van der Waals surface area contributed by atoms with Gasteiger partial charge in [0, 0.05) is 20.3 Å². The maximum absolute atomic E-state index is 12.4. The van der Waals surface area contributed by atoms with Gasteiger partial charge in [0.1, 0.15) is 5.69 Å². The van der Waals surface area contributed by atoms with Crippen molar-refractivity contribution < 1.29 is 4.79 Å². The monoisotopic (exact) mass is 430 g/mol. The van der Waals surface area contributed by atoms with Gasteiger partial charge in [0.05, 0.1) is 5.69 Å². The number of anilines is 1.